The lowest BCUT2D eigenvalue weighted by Gasteiger charge is -2.25. The summed E-state index contributed by atoms with van der Waals surface area (Å²) in [5.41, 5.74) is -0.750. The van der Waals surface area contributed by atoms with E-state index >= 15 is 0 Å². The Bertz CT molecular complexity index is 574. The van der Waals surface area contributed by atoms with E-state index in [1.165, 1.54) is 0 Å². The van der Waals surface area contributed by atoms with Crippen molar-refractivity contribution in [1.29, 1.82) is 0 Å². The van der Waals surface area contributed by atoms with E-state index in [-0.39, 0.29) is 30.0 Å². The molecular weight excluding hydrogens is 270 g/mol. The Hall–Kier alpha value is -2.74. The highest BCUT2D eigenvalue weighted by Gasteiger charge is 2.29. The molecule has 104 valence electrons. The second-order valence-corrected chi connectivity index (χ2v) is 3.99. The molecule has 2 amide bonds. The summed E-state index contributed by atoms with van der Waals surface area (Å²) in [6.45, 7) is -0.656. The predicted octanol–water partition coefficient (Wildman–Crippen LogP) is -0.0272. The SMILES string of the molecule is O=C(O)c1cc(C(=O)O)cc(N2C(=O)COCC2=O)c1. The van der Waals surface area contributed by atoms with Crippen molar-refractivity contribution < 1.29 is 34.1 Å². The molecule has 1 aromatic rings. The standard InChI is InChI=1S/C12H9NO7/c14-9-4-20-5-10(15)13(9)8-2-6(11(16)17)1-7(3-8)12(18)19/h1-3H,4-5H2,(H,16,17)(H,18,19). The van der Waals surface area contributed by atoms with Gasteiger partial charge in [0.15, 0.2) is 0 Å². The molecule has 8 nitrogen and oxygen atoms in total. The Labute approximate surface area is 112 Å². The number of carbonyl (C=O) groups excluding carboxylic acids is 2. The fourth-order valence-corrected chi connectivity index (χ4v) is 1.77. The molecular formula is C12H9NO7. The molecule has 1 aliphatic heterocycles. The smallest absolute Gasteiger partial charge is 0.335 e. The number of anilines is 1. The van der Waals surface area contributed by atoms with E-state index in [1.54, 1.807) is 0 Å². The third-order valence-electron chi connectivity index (χ3n) is 2.62. The fourth-order valence-electron chi connectivity index (χ4n) is 1.77. The zero-order chi connectivity index (χ0) is 14.9. The quantitative estimate of drug-likeness (QED) is 0.745. The highest BCUT2D eigenvalue weighted by atomic mass is 16.5. The summed E-state index contributed by atoms with van der Waals surface area (Å²) < 4.78 is 4.73. The van der Waals surface area contributed by atoms with Gasteiger partial charge in [0.05, 0.1) is 16.8 Å². The van der Waals surface area contributed by atoms with Gasteiger partial charge < -0.3 is 14.9 Å². The highest BCUT2D eigenvalue weighted by Crippen LogP contribution is 2.22. The summed E-state index contributed by atoms with van der Waals surface area (Å²) in [5, 5.41) is 17.9. The lowest BCUT2D eigenvalue weighted by atomic mass is 10.1. The van der Waals surface area contributed by atoms with Crippen LogP contribution in [0, 0.1) is 0 Å². The number of rotatable bonds is 3. The lowest BCUT2D eigenvalue weighted by Crippen LogP contribution is -2.46. The topological polar surface area (TPSA) is 121 Å². The average molecular weight is 279 g/mol. The van der Waals surface area contributed by atoms with Crippen molar-refractivity contribution in [3.63, 3.8) is 0 Å². The van der Waals surface area contributed by atoms with Gasteiger partial charge in [-0.25, -0.2) is 14.5 Å². The van der Waals surface area contributed by atoms with E-state index in [4.69, 9.17) is 14.9 Å². The van der Waals surface area contributed by atoms with Gasteiger partial charge in [0.25, 0.3) is 11.8 Å². The maximum absolute atomic E-state index is 11.7. The number of amides is 2. The maximum Gasteiger partial charge on any atom is 0.335 e. The van der Waals surface area contributed by atoms with Crippen LogP contribution in [0.1, 0.15) is 20.7 Å². The predicted molar refractivity (Wildman–Crippen MR) is 63.7 cm³/mol. The average Bonchev–Trinajstić information content (AvgIpc) is 2.38. The third kappa shape index (κ3) is 2.50. The second kappa shape index (κ2) is 5.10. The first-order valence-corrected chi connectivity index (χ1v) is 5.45. The van der Waals surface area contributed by atoms with Gasteiger partial charge in [-0.05, 0) is 18.2 Å². The van der Waals surface area contributed by atoms with Crippen molar-refractivity contribution >= 4 is 29.4 Å². The fraction of sp³-hybridized carbons (Fsp3) is 0.167. The Morgan fingerprint density at radius 2 is 1.40 bits per heavy atom. The van der Waals surface area contributed by atoms with Crippen molar-refractivity contribution in [2.75, 3.05) is 18.1 Å². The minimum atomic E-state index is -1.36. The summed E-state index contributed by atoms with van der Waals surface area (Å²) in [4.78, 5) is 46.0. The number of carboxylic acid groups (broad SMARTS) is 2. The molecule has 20 heavy (non-hydrogen) atoms. The zero-order valence-corrected chi connectivity index (χ0v) is 10.0. The zero-order valence-electron chi connectivity index (χ0n) is 10.0. The van der Waals surface area contributed by atoms with Crippen molar-refractivity contribution in [2.45, 2.75) is 0 Å². The molecule has 1 aromatic carbocycles. The van der Waals surface area contributed by atoms with Crippen molar-refractivity contribution in [2.24, 2.45) is 0 Å². The summed E-state index contributed by atoms with van der Waals surface area (Å²) in [5.74, 6) is -4.08. The van der Waals surface area contributed by atoms with E-state index in [0.29, 0.717) is 0 Å². The van der Waals surface area contributed by atoms with E-state index in [9.17, 15) is 19.2 Å². The summed E-state index contributed by atoms with van der Waals surface area (Å²) >= 11 is 0. The molecule has 0 unspecified atom stereocenters. The van der Waals surface area contributed by atoms with Crippen molar-refractivity contribution in [1.82, 2.24) is 0 Å². The number of aromatic carboxylic acids is 2. The normalized spacial score (nSPS) is 15.3. The van der Waals surface area contributed by atoms with Gasteiger partial charge in [-0.1, -0.05) is 0 Å². The molecule has 0 spiro atoms. The van der Waals surface area contributed by atoms with Crippen LogP contribution >= 0.6 is 0 Å². The number of imide groups is 1. The number of benzene rings is 1. The number of carbonyl (C=O) groups is 4. The Kier molecular flexibility index (Phi) is 3.49. The van der Waals surface area contributed by atoms with Crippen molar-refractivity contribution in [3.05, 3.63) is 29.3 Å². The first-order chi connectivity index (χ1) is 9.40. The number of nitrogens with zero attached hydrogens (tertiary/aromatic N) is 1. The molecule has 1 saturated heterocycles. The van der Waals surface area contributed by atoms with E-state index in [0.717, 1.165) is 23.1 Å². The monoisotopic (exact) mass is 279 g/mol. The largest absolute Gasteiger partial charge is 0.478 e. The molecule has 0 aliphatic carbocycles. The van der Waals surface area contributed by atoms with Crippen LogP contribution in [-0.2, 0) is 14.3 Å². The molecule has 0 saturated carbocycles. The first kappa shape index (κ1) is 13.7. The molecule has 1 heterocycles. The summed E-state index contributed by atoms with van der Waals surface area (Å²) in [6, 6.07) is 3.08. The molecule has 1 fully saturated rings. The van der Waals surface area contributed by atoms with Crippen LogP contribution in [0.25, 0.3) is 0 Å². The minimum Gasteiger partial charge on any atom is -0.478 e. The molecule has 0 radical (unpaired) electrons. The molecule has 1 aliphatic rings. The number of morpholine rings is 1. The molecule has 8 heteroatoms. The van der Waals surface area contributed by atoms with Crippen LogP contribution < -0.4 is 4.90 Å². The summed E-state index contributed by atoms with van der Waals surface area (Å²) in [7, 11) is 0. The number of ether oxygens (including phenoxy) is 1. The van der Waals surface area contributed by atoms with Crippen LogP contribution in [0.3, 0.4) is 0 Å². The molecule has 2 rings (SSSR count). The minimum absolute atomic E-state index is 0.0967. The number of hydrogen-bond acceptors (Lipinski definition) is 5. The van der Waals surface area contributed by atoms with Crippen LogP contribution in [-0.4, -0.2) is 47.2 Å². The van der Waals surface area contributed by atoms with Gasteiger partial charge in [0.2, 0.25) is 0 Å². The molecule has 2 N–H and O–H groups in total. The Morgan fingerprint density at radius 3 is 1.80 bits per heavy atom. The first-order valence-electron chi connectivity index (χ1n) is 5.45. The van der Waals surface area contributed by atoms with Gasteiger partial charge in [0.1, 0.15) is 13.2 Å². The van der Waals surface area contributed by atoms with Crippen molar-refractivity contribution in [3.8, 4) is 0 Å². The molecule has 0 bridgehead atoms. The molecule has 0 atom stereocenters. The Morgan fingerprint density at radius 1 is 0.950 bits per heavy atom. The van der Waals surface area contributed by atoms with E-state index < -0.39 is 23.8 Å². The highest BCUT2D eigenvalue weighted by molar-refractivity contribution is 6.17. The maximum atomic E-state index is 11.7. The van der Waals surface area contributed by atoms with Crippen LogP contribution in [0.15, 0.2) is 18.2 Å². The van der Waals surface area contributed by atoms with Gasteiger partial charge in [-0.3, -0.25) is 9.59 Å². The summed E-state index contributed by atoms with van der Waals surface area (Å²) in [6.07, 6.45) is 0. The second-order valence-electron chi connectivity index (χ2n) is 3.99. The van der Waals surface area contributed by atoms with Gasteiger partial charge in [0, 0.05) is 0 Å². The lowest BCUT2D eigenvalue weighted by molar-refractivity contribution is -0.138. The molecule has 0 aromatic heterocycles. The number of carboxylic acids is 2. The van der Waals surface area contributed by atoms with E-state index in [1.807, 2.05) is 0 Å². The van der Waals surface area contributed by atoms with Crippen LogP contribution in [0.2, 0.25) is 0 Å². The Balaban J connectivity index is 2.54. The third-order valence-corrected chi connectivity index (χ3v) is 2.62. The number of hydrogen-bond donors (Lipinski definition) is 2. The van der Waals surface area contributed by atoms with Crippen LogP contribution in [0.4, 0.5) is 5.69 Å². The van der Waals surface area contributed by atoms with Gasteiger partial charge in [-0.2, -0.15) is 0 Å². The van der Waals surface area contributed by atoms with Crippen LogP contribution in [0.5, 0.6) is 0 Å². The van der Waals surface area contributed by atoms with Gasteiger partial charge >= 0.3 is 11.9 Å². The van der Waals surface area contributed by atoms with Gasteiger partial charge in [-0.15, -0.1) is 0 Å². The van der Waals surface area contributed by atoms with E-state index in [2.05, 4.69) is 0 Å².